The lowest BCUT2D eigenvalue weighted by Gasteiger charge is -2.27. The molecule has 0 atom stereocenters. The van der Waals surface area contributed by atoms with Crippen LogP contribution in [0.25, 0.3) is 0 Å². The number of rotatable bonds is 3. The molecule has 2 aliphatic carbocycles. The average molecular weight is 191 g/mol. The van der Waals surface area contributed by atoms with Gasteiger partial charge in [0.2, 0.25) is 0 Å². The molecule has 0 amide bonds. The van der Waals surface area contributed by atoms with Gasteiger partial charge in [-0.25, -0.2) is 0 Å². The van der Waals surface area contributed by atoms with Crippen molar-refractivity contribution in [2.24, 2.45) is 5.92 Å². The fraction of sp³-hybridized carbons (Fsp3) is 0.667. The Balaban J connectivity index is 1.62. The molecule has 14 heavy (non-hydrogen) atoms. The molecular formula is C12H17NO. The van der Waals surface area contributed by atoms with Crippen LogP contribution < -0.4 is 5.32 Å². The molecule has 2 bridgehead atoms. The van der Waals surface area contributed by atoms with Gasteiger partial charge in [0, 0.05) is 17.6 Å². The Bertz CT molecular complexity index is 296. The van der Waals surface area contributed by atoms with Gasteiger partial charge in [-0.05, 0) is 44.1 Å². The van der Waals surface area contributed by atoms with Crippen LogP contribution in [0.2, 0.25) is 0 Å². The SMILES string of the molecule is c1cc(CNC23CCC(CC2)C3)co1. The molecule has 0 spiro atoms. The predicted molar refractivity (Wildman–Crippen MR) is 54.9 cm³/mol. The summed E-state index contributed by atoms with van der Waals surface area (Å²) in [6.45, 7) is 0.975. The maximum absolute atomic E-state index is 5.07. The molecule has 2 heteroatoms. The van der Waals surface area contributed by atoms with E-state index < -0.39 is 0 Å². The van der Waals surface area contributed by atoms with Gasteiger partial charge >= 0.3 is 0 Å². The van der Waals surface area contributed by atoms with Gasteiger partial charge in [-0.1, -0.05) is 0 Å². The Morgan fingerprint density at radius 2 is 2.29 bits per heavy atom. The second-order valence-corrected chi connectivity index (χ2v) is 4.91. The van der Waals surface area contributed by atoms with Crippen molar-refractivity contribution in [3.63, 3.8) is 0 Å². The minimum absolute atomic E-state index is 0.488. The average Bonchev–Trinajstić information content (AvgIpc) is 2.93. The molecule has 2 nitrogen and oxygen atoms in total. The highest BCUT2D eigenvalue weighted by molar-refractivity contribution is 5.08. The quantitative estimate of drug-likeness (QED) is 0.794. The van der Waals surface area contributed by atoms with E-state index in [1.165, 1.54) is 37.7 Å². The maximum Gasteiger partial charge on any atom is 0.0947 e. The number of fused-ring (bicyclic) bond motifs is 2. The Morgan fingerprint density at radius 1 is 1.43 bits per heavy atom. The molecule has 2 aliphatic rings. The molecule has 1 heterocycles. The van der Waals surface area contributed by atoms with Gasteiger partial charge in [0.25, 0.3) is 0 Å². The Labute approximate surface area is 84.7 Å². The van der Waals surface area contributed by atoms with E-state index in [4.69, 9.17) is 4.42 Å². The predicted octanol–water partition coefficient (Wildman–Crippen LogP) is 2.70. The lowest BCUT2D eigenvalue weighted by molar-refractivity contribution is 0.325. The van der Waals surface area contributed by atoms with Crippen molar-refractivity contribution in [1.82, 2.24) is 5.32 Å². The molecule has 3 rings (SSSR count). The second kappa shape index (κ2) is 3.13. The summed E-state index contributed by atoms with van der Waals surface area (Å²) in [5.74, 6) is 1.02. The third-order valence-electron chi connectivity index (χ3n) is 3.99. The summed E-state index contributed by atoms with van der Waals surface area (Å²) in [5.41, 5.74) is 1.76. The van der Waals surface area contributed by atoms with Crippen molar-refractivity contribution in [3.8, 4) is 0 Å². The largest absolute Gasteiger partial charge is 0.472 e. The first kappa shape index (κ1) is 8.54. The monoisotopic (exact) mass is 191 g/mol. The van der Waals surface area contributed by atoms with Gasteiger partial charge in [-0.15, -0.1) is 0 Å². The first-order chi connectivity index (χ1) is 6.86. The third-order valence-corrected chi connectivity index (χ3v) is 3.99. The lowest BCUT2D eigenvalue weighted by atomic mass is 9.93. The van der Waals surface area contributed by atoms with E-state index >= 15 is 0 Å². The Morgan fingerprint density at radius 3 is 2.86 bits per heavy atom. The van der Waals surface area contributed by atoms with E-state index in [2.05, 4.69) is 5.32 Å². The molecule has 1 aromatic rings. The van der Waals surface area contributed by atoms with Crippen molar-refractivity contribution in [3.05, 3.63) is 24.2 Å². The topological polar surface area (TPSA) is 25.2 Å². The molecule has 0 saturated heterocycles. The molecular weight excluding hydrogens is 174 g/mol. The van der Waals surface area contributed by atoms with Gasteiger partial charge in [0.05, 0.1) is 12.5 Å². The third kappa shape index (κ3) is 1.38. The first-order valence-corrected chi connectivity index (χ1v) is 5.62. The lowest BCUT2D eigenvalue weighted by Crippen LogP contribution is -2.40. The summed E-state index contributed by atoms with van der Waals surface area (Å²) in [6.07, 6.45) is 10.7. The maximum atomic E-state index is 5.07. The van der Waals surface area contributed by atoms with Crippen LogP contribution in [0.1, 0.15) is 37.7 Å². The van der Waals surface area contributed by atoms with Crippen molar-refractivity contribution in [2.45, 2.75) is 44.2 Å². The van der Waals surface area contributed by atoms with E-state index in [1.54, 1.807) is 6.26 Å². The number of nitrogens with one attached hydrogen (secondary N) is 1. The summed E-state index contributed by atoms with van der Waals surface area (Å²) >= 11 is 0. The van der Waals surface area contributed by atoms with Gasteiger partial charge in [-0.3, -0.25) is 0 Å². The van der Waals surface area contributed by atoms with E-state index in [9.17, 15) is 0 Å². The van der Waals surface area contributed by atoms with Crippen LogP contribution in [0.5, 0.6) is 0 Å². The van der Waals surface area contributed by atoms with Crippen molar-refractivity contribution in [1.29, 1.82) is 0 Å². The second-order valence-electron chi connectivity index (χ2n) is 4.91. The van der Waals surface area contributed by atoms with Crippen molar-refractivity contribution in [2.75, 3.05) is 0 Å². The van der Waals surface area contributed by atoms with Crippen LogP contribution in [-0.4, -0.2) is 5.54 Å². The fourth-order valence-electron chi connectivity index (χ4n) is 3.12. The number of hydrogen-bond acceptors (Lipinski definition) is 2. The van der Waals surface area contributed by atoms with E-state index in [-0.39, 0.29) is 0 Å². The van der Waals surface area contributed by atoms with E-state index in [1.807, 2.05) is 12.3 Å². The van der Waals surface area contributed by atoms with E-state index in [0.717, 1.165) is 12.5 Å². The molecule has 2 fully saturated rings. The van der Waals surface area contributed by atoms with Gasteiger partial charge in [-0.2, -0.15) is 0 Å². The van der Waals surface area contributed by atoms with Crippen molar-refractivity contribution < 1.29 is 4.42 Å². The normalized spacial score (nSPS) is 35.3. The fourth-order valence-corrected chi connectivity index (χ4v) is 3.12. The standard InChI is InChI=1S/C12H17NO/c1-4-12(5-2-10(1)7-12)13-8-11-3-6-14-9-11/h3,6,9-10,13H,1-2,4-5,7-8H2. The number of furan rings is 1. The van der Waals surface area contributed by atoms with Crippen LogP contribution in [-0.2, 0) is 6.54 Å². The zero-order valence-electron chi connectivity index (χ0n) is 8.46. The molecule has 2 saturated carbocycles. The molecule has 0 aliphatic heterocycles. The van der Waals surface area contributed by atoms with Crippen molar-refractivity contribution >= 4 is 0 Å². The summed E-state index contributed by atoms with van der Waals surface area (Å²) in [6, 6.07) is 2.05. The minimum Gasteiger partial charge on any atom is -0.472 e. The molecule has 1 aromatic heterocycles. The first-order valence-electron chi connectivity index (χ1n) is 5.62. The van der Waals surface area contributed by atoms with E-state index in [0.29, 0.717) is 5.54 Å². The summed E-state index contributed by atoms with van der Waals surface area (Å²) in [7, 11) is 0. The van der Waals surface area contributed by atoms with Crippen LogP contribution in [0.4, 0.5) is 0 Å². The zero-order valence-corrected chi connectivity index (χ0v) is 8.46. The Hall–Kier alpha value is -0.760. The van der Waals surface area contributed by atoms with Crippen LogP contribution >= 0.6 is 0 Å². The van der Waals surface area contributed by atoms with Gasteiger partial charge in [0.15, 0.2) is 0 Å². The Kier molecular flexibility index (Phi) is 1.91. The molecule has 0 aromatic carbocycles. The smallest absolute Gasteiger partial charge is 0.0947 e. The molecule has 0 unspecified atom stereocenters. The zero-order chi connectivity index (χ0) is 9.43. The summed E-state index contributed by atoms with van der Waals surface area (Å²) in [4.78, 5) is 0. The number of hydrogen-bond donors (Lipinski definition) is 1. The van der Waals surface area contributed by atoms with Gasteiger partial charge in [0.1, 0.15) is 0 Å². The highest BCUT2D eigenvalue weighted by Gasteiger charge is 2.44. The minimum atomic E-state index is 0.488. The molecule has 0 radical (unpaired) electrons. The molecule has 76 valence electrons. The highest BCUT2D eigenvalue weighted by Crippen LogP contribution is 2.47. The van der Waals surface area contributed by atoms with Crippen LogP contribution in [0, 0.1) is 5.92 Å². The van der Waals surface area contributed by atoms with Crippen LogP contribution in [0.3, 0.4) is 0 Å². The summed E-state index contributed by atoms with van der Waals surface area (Å²) in [5, 5.41) is 3.73. The summed E-state index contributed by atoms with van der Waals surface area (Å²) < 4.78 is 5.07. The van der Waals surface area contributed by atoms with Crippen LogP contribution in [0.15, 0.2) is 23.0 Å². The molecule has 1 N–H and O–H groups in total. The van der Waals surface area contributed by atoms with Gasteiger partial charge < -0.3 is 9.73 Å². The highest BCUT2D eigenvalue weighted by atomic mass is 16.3.